The first-order valence-electron chi connectivity index (χ1n) is 9.54. The number of aromatic nitrogens is 2. The summed E-state index contributed by atoms with van der Waals surface area (Å²) >= 11 is 0. The van der Waals surface area contributed by atoms with Crippen LogP contribution in [0, 0.1) is 5.92 Å². The van der Waals surface area contributed by atoms with Crippen LogP contribution in [0.15, 0.2) is 24.4 Å². The summed E-state index contributed by atoms with van der Waals surface area (Å²) in [5.41, 5.74) is 0.140. The van der Waals surface area contributed by atoms with Gasteiger partial charge in [0.15, 0.2) is 5.65 Å². The number of carbonyl (C=O) groups excluding carboxylic acids is 1. The molecule has 8 heteroatoms. The smallest absolute Gasteiger partial charge is 0.255 e. The van der Waals surface area contributed by atoms with Crippen molar-refractivity contribution >= 4 is 22.8 Å². The summed E-state index contributed by atoms with van der Waals surface area (Å²) < 4.78 is 24.6. The van der Waals surface area contributed by atoms with Gasteiger partial charge in [0, 0.05) is 17.6 Å². The number of fused-ring (bicyclic) bond motifs is 1. The summed E-state index contributed by atoms with van der Waals surface area (Å²) in [4.78, 5) is 20.9. The highest BCUT2D eigenvalue weighted by atomic mass is 19.3. The van der Waals surface area contributed by atoms with Crippen molar-refractivity contribution in [2.45, 2.75) is 57.6 Å². The van der Waals surface area contributed by atoms with Gasteiger partial charge < -0.3 is 15.7 Å². The summed E-state index contributed by atoms with van der Waals surface area (Å²) in [5.74, 6) is 0.379. The average Bonchev–Trinajstić information content (AvgIpc) is 2.65. The van der Waals surface area contributed by atoms with Gasteiger partial charge in [-0.3, -0.25) is 4.79 Å². The molecule has 0 spiro atoms. The van der Waals surface area contributed by atoms with Crippen molar-refractivity contribution in [1.29, 1.82) is 0 Å². The maximum Gasteiger partial charge on any atom is 0.255 e. The molecule has 0 bridgehead atoms. The first-order valence-corrected chi connectivity index (χ1v) is 9.54. The molecule has 1 fully saturated rings. The minimum atomic E-state index is -2.46. The molecule has 2 aromatic heterocycles. The van der Waals surface area contributed by atoms with Gasteiger partial charge in [-0.1, -0.05) is 0 Å². The molecule has 1 saturated carbocycles. The minimum Gasteiger partial charge on any atom is -0.390 e. The zero-order valence-corrected chi connectivity index (χ0v) is 16.1. The van der Waals surface area contributed by atoms with Crippen molar-refractivity contribution in [2.75, 3.05) is 11.9 Å². The van der Waals surface area contributed by atoms with E-state index in [2.05, 4.69) is 20.6 Å². The standard InChI is InChI=1S/C20H26F2N4O2/c1-20(2,28)14-4-6-15(7-5-14)25-19(27)13-9-12-3-8-17(23-11-16(21)22)26-18(12)24-10-13/h3,8-10,14-16,28H,4-7,11H2,1-2H3,(H,25,27)(H,23,24,26)/t14-,15-. The summed E-state index contributed by atoms with van der Waals surface area (Å²) in [5, 5.41) is 16.4. The first kappa shape index (κ1) is 20.4. The average molecular weight is 392 g/mol. The molecule has 0 aliphatic heterocycles. The molecule has 28 heavy (non-hydrogen) atoms. The summed E-state index contributed by atoms with van der Waals surface area (Å²) in [6.45, 7) is 3.19. The van der Waals surface area contributed by atoms with Crippen LogP contribution >= 0.6 is 0 Å². The third-order valence-electron chi connectivity index (χ3n) is 5.30. The van der Waals surface area contributed by atoms with E-state index in [1.807, 2.05) is 13.8 Å². The Bertz CT molecular complexity index is 831. The lowest BCUT2D eigenvalue weighted by molar-refractivity contribution is -0.00257. The van der Waals surface area contributed by atoms with E-state index in [4.69, 9.17) is 0 Å². The van der Waals surface area contributed by atoms with E-state index in [-0.39, 0.29) is 17.9 Å². The number of hydrogen-bond donors (Lipinski definition) is 3. The number of rotatable bonds is 6. The molecule has 0 unspecified atom stereocenters. The largest absolute Gasteiger partial charge is 0.390 e. The quantitative estimate of drug-likeness (QED) is 0.702. The molecule has 6 nitrogen and oxygen atoms in total. The fraction of sp³-hybridized carbons (Fsp3) is 0.550. The van der Waals surface area contributed by atoms with Gasteiger partial charge in [-0.15, -0.1) is 0 Å². The van der Waals surface area contributed by atoms with Crippen LogP contribution in [-0.2, 0) is 0 Å². The van der Waals surface area contributed by atoms with Crippen molar-refractivity contribution in [1.82, 2.24) is 15.3 Å². The Labute approximate surface area is 162 Å². The molecule has 152 valence electrons. The number of amides is 1. The Morgan fingerprint density at radius 1 is 1.29 bits per heavy atom. The number of nitrogens with one attached hydrogen (secondary N) is 2. The molecule has 0 radical (unpaired) electrons. The molecular formula is C20H26F2N4O2. The van der Waals surface area contributed by atoms with Crippen molar-refractivity contribution < 1.29 is 18.7 Å². The van der Waals surface area contributed by atoms with Crippen LogP contribution in [0.2, 0.25) is 0 Å². The Morgan fingerprint density at radius 3 is 2.64 bits per heavy atom. The fourth-order valence-corrected chi connectivity index (χ4v) is 3.63. The SMILES string of the molecule is CC(C)(O)[C@H]1CC[C@H](NC(=O)c2cnc3nc(NCC(F)F)ccc3c2)CC1. The van der Waals surface area contributed by atoms with E-state index in [1.54, 1.807) is 18.2 Å². The maximum absolute atomic E-state index is 12.6. The molecule has 1 aliphatic carbocycles. The molecule has 0 saturated heterocycles. The topological polar surface area (TPSA) is 87.1 Å². The predicted octanol–water partition coefficient (Wildman–Crippen LogP) is 3.37. The van der Waals surface area contributed by atoms with E-state index in [0.717, 1.165) is 25.7 Å². The summed E-state index contributed by atoms with van der Waals surface area (Å²) in [7, 11) is 0. The molecule has 0 aromatic carbocycles. The van der Waals surface area contributed by atoms with E-state index in [9.17, 15) is 18.7 Å². The van der Waals surface area contributed by atoms with Gasteiger partial charge in [0.05, 0.1) is 17.7 Å². The Balaban J connectivity index is 1.62. The second-order valence-corrected chi connectivity index (χ2v) is 7.91. The van der Waals surface area contributed by atoms with Gasteiger partial charge in [-0.25, -0.2) is 18.7 Å². The molecule has 1 amide bonds. The highest BCUT2D eigenvalue weighted by molar-refractivity contribution is 5.97. The molecule has 0 atom stereocenters. The highest BCUT2D eigenvalue weighted by Gasteiger charge is 2.31. The maximum atomic E-state index is 12.6. The van der Waals surface area contributed by atoms with E-state index in [0.29, 0.717) is 22.4 Å². The zero-order chi connectivity index (χ0) is 20.3. The van der Waals surface area contributed by atoms with Gasteiger partial charge in [0.1, 0.15) is 5.82 Å². The lowest BCUT2D eigenvalue weighted by atomic mass is 9.77. The fourth-order valence-electron chi connectivity index (χ4n) is 3.63. The van der Waals surface area contributed by atoms with E-state index >= 15 is 0 Å². The lowest BCUT2D eigenvalue weighted by Crippen LogP contribution is -2.41. The van der Waals surface area contributed by atoms with Gasteiger partial charge >= 0.3 is 0 Å². The molecular weight excluding hydrogens is 366 g/mol. The number of nitrogens with zero attached hydrogens (tertiary/aromatic N) is 2. The number of pyridine rings is 2. The number of hydrogen-bond acceptors (Lipinski definition) is 5. The van der Waals surface area contributed by atoms with Gasteiger partial charge in [-0.05, 0) is 63.6 Å². The minimum absolute atomic E-state index is 0.0841. The predicted molar refractivity (Wildman–Crippen MR) is 104 cm³/mol. The van der Waals surface area contributed by atoms with Crippen LogP contribution < -0.4 is 10.6 Å². The lowest BCUT2D eigenvalue weighted by Gasteiger charge is -2.36. The normalized spacial score (nSPS) is 20.4. The summed E-state index contributed by atoms with van der Waals surface area (Å²) in [6, 6.07) is 5.07. The number of alkyl halides is 2. The molecule has 2 aromatic rings. The number of carbonyl (C=O) groups is 1. The van der Waals surface area contributed by atoms with Crippen molar-refractivity contribution in [3.63, 3.8) is 0 Å². The van der Waals surface area contributed by atoms with E-state index < -0.39 is 18.6 Å². The second-order valence-electron chi connectivity index (χ2n) is 7.91. The molecule has 2 heterocycles. The van der Waals surface area contributed by atoms with Crippen LogP contribution in [0.1, 0.15) is 49.9 Å². The van der Waals surface area contributed by atoms with E-state index in [1.165, 1.54) is 6.20 Å². The zero-order valence-electron chi connectivity index (χ0n) is 16.1. The van der Waals surface area contributed by atoms with Crippen molar-refractivity contribution in [2.24, 2.45) is 5.92 Å². The Kier molecular flexibility index (Phi) is 6.07. The molecule has 3 N–H and O–H groups in total. The van der Waals surface area contributed by atoms with Crippen molar-refractivity contribution in [3.05, 3.63) is 30.0 Å². The second kappa shape index (κ2) is 8.34. The van der Waals surface area contributed by atoms with Crippen LogP contribution in [0.3, 0.4) is 0 Å². The number of anilines is 1. The van der Waals surface area contributed by atoms with Crippen LogP contribution in [-0.4, -0.2) is 45.6 Å². The van der Waals surface area contributed by atoms with Crippen LogP contribution in [0.5, 0.6) is 0 Å². The number of halogens is 2. The molecule has 1 aliphatic rings. The van der Waals surface area contributed by atoms with Gasteiger partial charge in [0.2, 0.25) is 0 Å². The Morgan fingerprint density at radius 2 is 2.00 bits per heavy atom. The molecule has 3 rings (SSSR count). The third kappa shape index (κ3) is 5.13. The van der Waals surface area contributed by atoms with Crippen molar-refractivity contribution in [3.8, 4) is 0 Å². The van der Waals surface area contributed by atoms with Gasteiger partial charge in [0.25, 0.3) is 12.3 Å². The van der Waals surface area contributed by atoms with Crippen LogP contribution in [0.4, 0.5) is 14.6 Å². The third-order valence-corrected chi connectivity index (χ3v) is 5.30. The number of aliphatic hydroxyl groups is 1. The van der Waals surface area contributed by atoms with Crippen LogP contribution in [0.25, 0.3) is 11.0 Å². The first-order chi connectivity index (χ1) is 13.2. The monoisotopic (exact) mass is 392 g/mol. The van der Waals surface area contributed by atoms with Gasteiger partial charge in [-0.2, -0.15) is 0 Å². The highest BCUT2D eigenvalue weighted by Crippen LogP contribution is 2.32. The Hall–Kier alpha value is -2.35. The summed E-state index contributed by atoms with van der Waals surface area (Å²) in [6.07, 6.45) is 2.41.